The highest BCUT2D eigenvalue weighted by Gasteiger charge is 2.27. The van der Waals surface area contributed by atoms with Crippen molar-refractivity contribution in [3.63, 3.8) is 0 Å². The number of carbonyl (C=O) groups excluding carboxylic acids is 1. The van der Waals surface area contributed by atoms with Crippen LogP contribution in [0.4, 0.5) is 0 Å². The fourth-order valence-corrected chi connectivity index (χ4v) is 5.12. The van der Waals surface area contributed by atoms with Gasteiger partial charge in [0, 0.05) is 22.6 Å². The Balaban J connectivity index is 1.72. The molecule has 0 aliphatic rings. The lowest BCUT2D eigenvalue weighted by Gasteiger charge is -2.23. The van der Waals surface area contributed by atoms with Gasteiger partial charge >= 0.3 is 0 Å². The number of rotatable bonds is 10. The predicted molar refractivity (Wildman–Crippen MR) is 133 cm³/mol. The summed E-state index contributed by atoms with van der Waals surface area (Å²) >= 11 is 12.0. The van der Waals surface area contributed by atoms with Crippen molar-refractivity contribution in [2.45, 2.75) is 37.2 Å². The van der Waals surface area contributed by atoms with Gasteiger partial charge in [-0.2, -0.15) is 4.31 Å². The minimum absolute atomic E-state index is 0.0112. The zero-order chi connectivity index (χ0) is 23.8. The number of hydrogen-bond acceptors (Lipinski definition) is 3. The molecular formula is C25H26Cl2N2O3S. The summed E-state index contributed by atoms with van der Waals surface area (Å²) in [4.78, 5) is 12.9. The van der Waals surface area contributed by atoms with Gasteiger partial charge < -0.3 is 5.32 Å². The van der Waals surface area contributed by atoms with Crippen LogP contribution in [-0.4, -0.2) is 31.2 Å². The maximum Gasteiger partial charge on any atom is 0.243 e. The Morgan fingerprint density at radius 2 is 1.58 bits per heavy atom. The number of halogens is 2. The van der Waals surface area contributed by atoms with Crippen molar-refractivity contribution in [3.8, 4) is 0 Å². The lowest BCUT2D eigenvalue weighted by atomic mass is 10.1. The van der Waals surface area contributed by atoms with Crippen molar-refractivity contribution in [3.05, 3.63) is 100 Å². The van der Waals surface area contributed by atoms with E-state index in [0.29, 0.717) is 15.6 Å². The molecule has 33 heavy (non-hydrogen) atoms. The van der Waals surface area contributed by atoms with Crippen LogP contribution in [0.25, 0.3) is 0 Å². The number of amides is 1. The second-order valence-corrected chi connectivity index (χ2v) is 10.7. The number of benzene rings is 3. The Hall–Kier alpha value is -2.38. The fourth-order valence-electron chi connectivity index (χ4n) is 3.40. The number of nitrogens with one attached hydrogen (secondary N) is 1. The molecule has 1 atom stereocenters. The molecule has 0 bridgehead atoms. The lowest BCUT2D eigenvalue weighted by molar-refractivity contribution is -0.122. The van der Waals surface area contributed by atoms with Crippen LogP contribution >= 0.6 is 23.2 Å². The third-order valence-corrected chi connectivity index (χ3v) is 7.43. The standard InChI is InChI=1S/C25H26Cl2N2O3S/c1-19(10-11-20-6-3-2-4-7-20)28-25(30)18-29(17-21-8-5-9-23(27)16-21)33(31,32)24-14-12-22(26)13-15-24/h2-9,12-16,19H,10-11,17-18H2,1H3,(H,28,30)/t19-/m1/s1. The number of carbonyl (C=O) groups is 1. The van der Waals surface area contributed by atoms with E-state index >= 15 is 0 Å². The molecule has 8 heteroatoms. The van der Waals surface area contributed by atoms with E-state index in [-0.39, 0.29) is 29.9 Å². The molecule has 3 aromatic rings. The van der Waals surface area contributed by atoms with E-state index in [1.807, 2.05) is 37.3 Å². The first-order valence-electron chi connectivity index (χ1n) is 10.6. The van der Waals surface area contributed by atoms with Crippen LogP contribution in [0.2, 0.25) is 10.0 Å². The minimum atomic E-state index is -3.94. The molecule has 3 rings (SSSR count). The van der Waals surface area contributed by atoms with E-state index in [2.05, 4.69) is 5.32 Å². The summed E-state index contributed by atoms with van der Waals surface area (Å²) in [7, 11) is -3.94. The second kappa shape index (κ2) is 11.7. The zero-order valence-electron chi connectivity index (χ0n) is 18.2. The smallest absolute Gasteiger partial charge is 0.243 e. The Labute approximate surface area is 205 Å². The third kappa shape index (κ3) is 7.57. The third-order valence-electron chi connectivity index (χ3n) is 5.14. The Bertz CT molecular complexity index is 1170. The van der Waals surface area contributed by atoms with Crippen molar-refractivity contribution >= 4 is 39.1 Å². The summed E-state index contributed by atoms with van der Waals surface area (Å²) in [6.07, 6.45) is 1.56. The van der Waals surface area contributed by atoms with Crippen LogP contribution in [0, 0.1) is 0 Å². The van der Waals surface area contributed by atoms with Crippen molar-refractivity contribution < 1.29 is 13.2 Å². The van der Waals surface area contributed by atoms with E-state index < -0.39 is 10.0 Å². The van der Waals surface area contributed by atoms with E-state index in [1.54, 1.807) is 24.3 Å². The number of sulfonamides is 1. The first-order chi connectivity index (χ1) is 15.7. The highest BCUT2D eigenvalue weighted by Crippen LogP contribution is 2.21. The maximum atomic E-state index is 13.3. The maximum absolute atomic E-state index is 13.3. The van der Waals surface area contributed by atoms with Gasteiger partial charge in [0.1, 0.15) is 0 Å². The van der Waals surface area contributed by atoms with E-state index in [0.717, 1.165) is 17.1 Å². The summed E-state index contributed by atoms with van der Waals surface area (Å²) in [6.45, 7) is 1.61. The van der Waals surface area contributed by atoms with Gasteiger partial charge in [0.25, 0.3) is 0 Å². The average Bonchev–Trinajstić information content (AvgIpc) is 2.78. The van der Waals surface area contributed by atoms with Gasteiger partial charge in [-0.3, -0.25) is 4.79 Å². The molecule has 0 heterocycles. The number of nitrogens with zero attached hydrogens (tertiary/aromatic N) is 1. The molecule has 0 saturated heterocycles. The Morgan fingerprint density at radius 3 is 2.24 bits per heavy atom. The molecule has 0 spiro atoms. The van der Waals surface area contributed by atoms with Gasteiger partial charge in [0.2, 0.25) is 15.9 Å². The van der Waals surface area contributed by atoms with E-state index in [1.165, 1.54) is 29.8 Å². The Kier molecular flexibility index (Phi) is 8.92. The van der Waals surface area contributed by atoms with Crippen molar-refractivity contribution in [1.29, 1.82) is 0 Å². The average molecular weight is 505 g/mol. The van der Waals surface area contributed by atoms with Crippen LogP contribution in [0.5, 0.6) is 0 Å². The predicted octanol–water partition coefficient (Wildman–Crippen LogP) is 5.32. The highest BCUT2D eigenvalue weighted by atomic mass is 35.5. The van der Waals surface area contributed by atoms with Crippen LogP contribution in [0.3, 0.4) is 0 Å². The minimum Gasteiger partial charge on any atom is -0.352 e. The molecule has 0 aliphatic heterocycles. The van der Waals surface area contributed by atoms with Crippen molar-refractivity contribution in [1.82, 2.24) is 9.62 Å². The molecule has 0 saturated carbocycles. The van der Waals surface area contributed by atoms with Gasteiger partial charge in [-0.25, -0.2) is 8.42 Å². The van der Waals surface area contributed by atoms with E-state index in [9.17, 15) is 13.2 Å². The molecule has 1 amide bonds. The van der Waals surface area contributed by atoms with E-state index in [4.69, 9.17) is 23.2 Å². The summed E-state index contributed by atoms with van der Waals surface area (Å²) in [5.74, 6) is -0.366. The van der Waals surface area contributed by atoms with Gasteiger partial charge in [0.05, 0.1) is 11.4 Å². The fraction of sp³-hybridized carbons (Fsp3) is 0.240. The van der Waals surface area contributed by atoms with Crippen LogP contribution in [0.15, 0.2) is 83.8 Å². The number of aryl methyl sites for hydroxylation is 1. The molecule has 0 fully saturated rings. The summed E-state index contributed by atoms with van der Waals surface area (Å²) in [6, 6.07) is 22.7. The first kappa shape index (κ1) is 25.2. The zero-order valence-corrected chi connectivity index (χ0v) is 20.6. The Morgan fingerprint density at radius 1 is 0.909 bits per heavy atom. The SMILES string of the molecule is C[C@H](CCc1ccccc1)NC(=O)CN(Cc1cccc(Cl)c1)S(=O)(=O)c1ccc(Cl)cc1. The molecule has 3 aromatic carbocycles. The van der Waals surface area contributed by atoms with Crippen LogP contribution in [0.1, 0.15) is 24.5 Å². The second-order valence-electron chi connectivity index (χ2n) is 7.85. The summed E-state index contributed by atoms with van der Waals surface area (Å²) in [5.41, 5.74) is 1.87. The monoisotopic (exact) mass is 504 g/mol. The largest absolute Gasteiger partial charge is 0.352 e. The lowest BCUT2D eigenvalue weighted by Crippen LogP contribution is -2.43. The topological polar surface area (TPSA) is 66.5 Å². The summed E-state index contributed by atoms with van der Waals surface area (Å²) in [5, 5.41) is 3.84. The molecule has 5 nitrogen and oxygen atoms in total. The first-order valence-corrected chi connectivity index (χ1v) is 12.8. The molecule has 0 aliphatic carbocycles. The van der Waals surface area contributed by atoms with Crippen molar-refractivity contribution in [2.75, 3.05) is 6.54 Å². The molecular weight excluding hydrogens is 479 g/mol. The summed E-state index contributed by atoms with van der Waals surface area (Å²) < 4.78 is 27.8. The van der Waals surface area contributed by atoms with Crippen LogP contribution < -0.4 is 5.32 Å². The molecule has 0 aromatic heterocycles. The highest BCUT2D eigenvalue weighted by molar-refractivity contribution is 7.89. The van der Waals surface area contributed by atoms with Gasteiger partial charge in [-0.1, -0.05) is 65.7 Å². The molecule has 1 N–H and O–H groups in total. The van der Waals surface area contributed by atoms with Gasteiger partial charge in [0.15, 0.2) is 0 Å². The molecule has 174 valence electrons. The normalized spacial score (nSPS) is 12.5. The quantitative estimate of drug-likeness (QED) is 0.406. The molecule has 0 radical (unpaired) electrons. The van der Waals surface area contributed by atoms with Crippen LogP contribution in [-0.2, 0) is 27.8 Å². The number of hydrogen-bond donors (Lipinski definition) is 1. The van der Waals surface area contributed by atoms with Gasteiger partial charge in [-0.05, 0) is 67.3 Å². The van der Waals surface area contributed by atoms with Crippen molar-refractivity contribution in [2.24, 2.45) is 0 Å². The molecule has 0 unspecified atom stereocenters. The van der Waals surface area contributed by atoms with Gasteiger partial charge in [-0.15, -0.1) is 0 Å².